The van der Waals surface area contributed by atoms with Gasteiger partial charge in [0.25, 0.3) is 0 Å². The third-order valence-electron chi connectivity index (χ3n) is 1.13. The van der Waals surface area contributed by atoms with Crippen molar-refractivity contribution in [2.45, 2.75) is 13.3 Å². The van der Waals surface area contributed by atoms with Crippen molar-refractivity contribution in [2.24, 2.45) is 5.10 Å². The summed E-state index contributed by atoms with van der Waals surface area (Å²) >= 11 is 0. The molecule has 0 aromatic carbocycles. The summed E-state index contributed by atoms with van der Waals surface area (Å²) in [5, 5.41) is 13.4. The highest BCUT2D eigenvalue weighted by molar-refractivity contribution is 5.87. The standard InChI is InChI=1S/C5H6N3O2/c1-2-4-3-5(7-6-4)8(9)10/h3H,2H2,1H3. The SMILES string of the molecule is CCC1=CC([N+](=O)[O-])=N[N]1. The summed E-state index contributed by atoms with van der Waals surface area (Å²) < 4.78 is 0. The predicted octanol–water partition coefficient (Wildman–Crippen LogP) is 0.489. The van der Waals surface area contributed by atoms with Gasteiger partial charge in [0.2, 0.25) is 0 Å². The zero-order valence-corrected chi connectivity index (χ0v) is 5.44. The lowest BCUT2D eigenvalue weighted by molar-refractivity contribution is -0.348. The van der Waals surface area contributed by atoms with Gasteiger partial charge < -0.3 is 10.1 Å². The van der Waals surface area contributed by atoms with Crippen molar-refractivity contribution >= 4 is 5.84 Å². The van der Waals surface area contributed by atoms with Crippen LogP contribution in [-0.4, -0.2) is 10.8 Å². The fraction of sp³-hybridized carbons (Fsp3) is 0.400. The molecule has 0 unspecified atom stereocenters. The average molecular weight is 140 g/mol. The summed E-state index contributed by atoms with van der Waals surface area (Å²) in [5.74, 6) is -0.170. The first kappa shape index (κ1) is 6.73. The number of hydrogen-bond donors (Lipinski definition) is 0. The van der Waals surface area contributed by atoms with Gasteiger partial charge in [-0.3, -0.25) is 0 Å². The summed E-state index contributed by atoms with van der Waals surface area (Å²) in [6.45, 7) is 1.87. The Morgan fingerprint density at radius 1 is 1.80 bits per heavy atom. The lowest BCUT2D eigenvalue weighted by Crippen LogP contribution is -2.05. The highest BCUT2D eigenvalue weighted by atomic mass is 16.6. The van der Waals surface area contributed by atoms with E-state index in [0.29, 0.717) is 12.1 Å². The molecule has 0 fully saturated rings. The van der Waals surface area contributed by atoms with Gasteiger partial charge in [-0.2, -0.15) is 0 Å². The molecule has 0 N–H and O–H groups in total. The zero-order chi connectivity index (χ0) is 7.56. The maximum Gasteiger partial charge on any atom is 0.392 e. The predicted molar refractivity (Wildman–Crippen MR) is 34.9 cm³/mol. The van der Waals surface area contributed by atoms with E-state index in [0.717, 1.165) is 0 Å². The van der Waals surface area contributed by atoms with Crippen molar-refractivity contribution in [1.82, 2.24) is 5.43 Å². The Hall–Kier alpha value is -1.39. The number of nitrogens with zero attached hydrogens (tertiary/aromatic N) is 3. The average Bonchev–Trinajstić information content (AvgIpc) is 2.34. The Balaban J connectivity index is 2.68. The van der Waals surface area contributed by atoms with Gasteiger partial charge in [-0.1, -0.05) is 6.92 Å². The van der Waals surface area contributed by atoms with Gasteiger partial charge >= 0.3 is 5.84 Å². The van der Waals surface area contributed by atoms with Crippen LogP contribution in [0.2, 0.25) is 0 Å². The molecule has 5 nitrogen and oxygen atoms in total. The zero-order valence-electron chi connectivity index (χ0n) is 5.44. The quantitative estimate of drug-likeness (QED) is 0.392. The van der Waals surface area contributed by atoms with E-state index < -0.39 is 4.92 Å². The van der Waals surface area contributed by atoms with Crippen molar-refractivity contribution < 1.29 is 4.92 Å². The molecule has 0 aromatic rings. The first-order chi connectivity index (χ1) is 4.74. The van der Waals surface area contributed by atoms with Crippen LogP contribution in [0, 0.1) is 10.1 Å². The molecule has 1 aliphatic heterocycles. The van der Waals surface area contributed by atoms with E-state index in [-0.39, 0.29) is 5.84 Å². The number of allylic oxidation sites excluding steroid dienone is 1. The summed E-state index contributed by atoms with van der Waals surface area (Å²) in [6.07, 6.45) is 2.06. The Morgan fingerprint density at radius 3 is 2.80 bits per heavy atom. The van der Waals surface area contributed by atoms with Crippen LogP contribution in [0.5, 0.6) is 0 Å². The Bertz CT molecular complexity index is 219. The monoisotopic (exact) mass is 140 g/mol. The van der Waals surface area contributed by atoms with Crippen LogP contribution in [-0.2, 0) is 0 Å². The minimum atomic E-state index is -0.549. The lowest BCUT2D eigenvalue weighted by atomic mass is 10.3. The minimum Gasteiger partial charge on any atom is -0.358 e. The minimum absolute atomic E-state index is 0.170. The molecule has 0 bridgehead atoms. The molecular weight excluding hydrogens is 134 g/mol. The molecule has 1 aliphatic rings. The fourth-order valence-electron chi connectivity index (χ4n) is 0.584. The number of hydrogen-bond acceptors (Lipinski definition) is 3. The van der Waals surface area contributed by atoms with Crippen LogP contribution >= 0.6 is 0 Å². The Kier molecular flexibility index (Phi) is 1.66. The van der Waals surface area contributed by atoms with Crippen molar-refractivity contribution in [3.63, 3.8) is 0 Å². The van der Waals surface area contributed by atoms with E-state index >= 15 is 0 Å². The van der Waals surface area contributed by atoms with E-state index in [4.69, 9.17) is 0 Å². The first-order valence-corrected chi connectivity index (χ1v) is 2.87. The normalized spacial score (nSPS) is 15.7. The van der Waals surface area contributed by atoms with Crippen molar-refractivity contribution in [1.29, 1.82) is 0 Å². The number of amidine groups is 1. The second-order valence-corrected chi connectivity index (χ2v) is 1.80. The van der Waals surface area contributed by atoms with Crippen molar-refractivity contribution in [3.8, 4) is 0 Å². The van der Waals surface area contributed by atoms with Gasteiger partial charge in [0.1, 0.15) is 0 Å². The maximum atomic E-state index is 10.0. The largest absolute Gasteiger partial charge is 0.392 e. The molecule has 1 radical (unpaired) electrons. The van der Waals surface area contributed by atoms with Crippen LogP contribution in [0.1, 0.15) is 13.3 Å². The lowest BCUT2D eigenvalue weighted by Gasteiger charge is -1.83. The molecule has 0 aliphatic carbocycles. The molecule has 53 valence electrons. The van der Waals surface area contributed by atoms with Crippen LogP contribution in [0.3, 0.4) is 0 Å². The molecule has 0 saturated carbocycles. The van der Waals surface area contributed by atoms with Gasteiger partial charge in [-0.25, -0.2) is 0 Å². The molecule has 1 heterocycles. The molecule has 0 amide bonds. The van der Waals surface area contributed by atoms with Crippen LogP contribution in [0.4, 0.5) is 0 Å². The molecule has 1 rings (SSSR count). The van der Waals surface area contributed by atoms with Gasteiger partial charge in [0.05, 0.1) is 16.9 Å². The maximum absolute atomic E-state index is 10.0. The van der Waals surface area contributed by atoms with E-state index in [1.165, 1.54) is 6.08 Å². The van der Waals surface area contributed by atoms with E-state index in [2.05, 4.69) is 10.5 Å². The molecular formula is C5H6N3O2. The summed E-state index contributed by atoms with van der Waals surface area (Å²) in [5.41, 5.74) is 4.22. The van der Waals surface area contributed by atoms with E-state index in [9.17, 15) is 10.1 Å². The highest BCUT2D eigenvalue weighted by Crippen LogP contribution is 2.05. The molecule has 10 heavy (non-hydrogen) atoms. The van der Waals surface area contributed by atoms with Crippen molar-refractivity contribution in [3.05, 3.63) is 21.9 Å². The smallest absolute Gasteiger partial charge is 0.358 e. The highest BCUT2D eigenvalue weighted by Gasteiger charge is 2.19. The van der Waals surface area contributed by atoms with Crippen LogP contribution in [0.25, 0.3) is 0 Å². The Labute approximate surface area is 57.6 Å². The first-order valence-electron chi connectivity index (χ1n) is 2.87. The van der Waals surface area contributed by atoms with Gasteiger partial charge in [0.15, 0.2) is 0 Å². The second-order valence-electron chi connectivity index (χ2n) is 1.80. The Morgan fingerprint density at radius 2 is 2.50 bits per heavy atom. The van der Waals surface area contributed by atoms with Crippen LogP contribution in [0.15, 0.2) is 16.9 Å². The van der Waals surface area contributed by atoms with Gasteiger partial charge in [0, 0.05) is 0 Å². The third-order valence-corrected chi connectivity index (χ3v) is 1.13. The molecule has 0 atom stereocenters. The summed E-state index contributed by atoms with van der Waals surface area (Å²) in [6, 6.07) is 0. The van der Waals surface area contributed by atoms with Crippen molar-refractivity contribution in [2.75, 3.05) is 0 Å². The number of nitro groups is 1. The van der Waals surface area contributed by atoms with E-state index in [1.807, 2.05) is 6.92 Å². The molecule has 0 aromatic heterocycles. The molecule has 0 spiro atoms. The summed E-state index contributed by atoms with van der Waals surface area (Å²) in [7, 11) is 0. The topological polar surface area (TPSA) is 69.6 Å². The van der Waals surface area contributed by atoms with Gasteiger partial charge in [-0.15, -0.1) is 0 Å². The second kappa shape index (κ2) is 2.47. The van der Waals surface area contributed by atoms with Crippen LogP contribution < -0.4 is 5.43 Å². The number of rotatable bonds is 1. The molecule has 5 heteroatoms. The third kappa shape index (κ3) is 1.12. The van der Waals surface area contributed by atoms with E-state index in [1.54, 1.807) is 0 Å². The fourth-order valence-corrected chi connectivity index (χ4v) is 0.584. The molecule has 0 saturated heterocycles. The van der Waals surface area contributed by atoms with Gasteiger partial charge in [-0.05, 0) is 16.8 Å². The summed E-state index contributed by atoms with van der Waals surface area (Å²) in [4.78, 5) is 9.48.